The van der Waals surface area contributed by atoms with Crippen LogP contribution in [0.5, 0.6) is 23.0 Å². The molecule has 0 radical (unpaired) electrons. The van der Waals surface area contributed by atoms with E-state index < -0.39 is 0 Å². The largest absolute Gasteiger partial charge is 0.492 e. The van der Waals surface area contributed by atoms with E-state index in [1.807, 2.05) is 49.4 Å². The minimum absolute atomic E-state index is 0.141. The lowest BCUT2D eigenvalue weighted by Gasteiger charge is -2.32. The van der Waals surface area contributed by atoms with Crippen molar-refractivity contribution in [2.75, 3.05) is 34.1 Å². The highest BCUT2D eigenvalue weighted by molar-refractivity contribution is 5.73. The van der Waals surface area contributed by atoms with Crippen LogP contribution in [0.4, 0.5) is 0 Å². The smallest absolute Gasteiger partial charge is 0.231 e. The van der Waals surface area contributed by atoms with Gasteiger partial charge in [-0.2, -0.15) is 0 Å². The summed E-state index contributed by atoms with van der Waals surface area (Å²) in [4.78, 5) is 3.84. The Labute approximate surface area is 209 Å². The molecule has 0 fully saturated rings. The number of nitrogens with zero attached hydrogens (tertiary/aromatic N) is 4. The first-order valence-electron chi connectivity index (χ1n) is 11.9. The number of likely N-dealkylation sites (N-methyl/N-ethyl adjacent to an activating group) is 1. The van der Waals surface area contributed by atoms with E-state index in [1.54, 1.807) is 11.9 Å². The third-order valence-electron chi connectivity index (χ3n) is 6.55. The normalized spacial score (nSPS) is 16.4. The Kier molecular flexibility index (Phi) is 5.62. The fraction of sp³-hybridized carbons (Fsp3) is 0.286. The first kappa shape index (κ1) is 22.3. The zero-order chi connectivity index (χ0) is 24.6. The van der Waals surface area contributed by atoms with E-state index >= 15 is 0 Å². The average Bonchev–Trinajstić information content (AvgIpc) is 3.54. The van der Waals surface area contributed by atoms with Gasteiger partial charge in [0.2, 0.25) is 12.5 Å². The number of hydrogen-bond donors (Lipinski definition) is 0. The second-order valence-corrected chi connectivity index (χ2v) is 8.91. The molecule has 36 heavy (non-hydrogen) atoms. The lowest BCUT2D eigenvalue weighted by Crippen LogP contribution is -2.31. The van der Waals surface area contributed by atoms with E-state index in [1.165, 1.54) is 5.56 Å². The van der Waals surface area contributed by atoms with Gasteiger partial charge in [0.15, 0.2) is 11.5 Å². The molecule has 0 unspecified atom stereocenters. The van der Waals surface area contributed by atoms with Crippen LogP contribution in [0.25, 0.3) is 16.7 Å². The van der Waals surface area contributed by atoms with E-state index in [2.05, 4.69) is 40.1 Å². The molecule has 0 aliphatic carbocycles. The van der Waals surface area contributed by atoms with Gasteiger partial charge >= 0.3 is 0 Å². The number of aryl methyl sites for hydroxylation is 1. The van der Waals surface area contributed by atoms with Gasteiger partial charge in [0.25, 0.3) is 0 Å². The van der Waals surface area contributed by atoms with E-state index in [4.69, 9.17) is 18.9 Å². The molecule has 0 amide bonds. The Balaban J connectivity index is 1.27. The van der Waals surface area contributed by atoms with Crippen LogP contribution in [0.2, 0.25) is 0 Å². The van der Waals surface area contributed by atoms with Crippen LogP contribution >= 0.6 is 0 Å². The van der Waals surface area contributed by atoms with E-state index in [0.717, 1.165) is 46.6 Å². The van der Waals surface area contributed by atoms with Gasteiger partial charge in [0.05, 0.1) is 7.11 Å². The number of methoxy groups -OCH3 is 1. The number of fused-ring (bicyclic) bond motifs is 3. The van der Waals surface area contributed by atoms with Crippen LogP contribution in [-0.4, -0.2) is 54.0 Å². The first-order chi connectivity index (χ1) is 17.6. The number of hydrogen-bond acceptors (Lipinski definition) is 7. The van der Waals surface area contributed by atoms with Crippen molar-refractivity contribution >= 4 is 11.0 Å². The molecule has 1 aromatic heterocycles. The number of aromatic nitrogens is 3. The Morgan fingerprint density at radius 3 is 2.67 bits per heavy atom. The molecule has 0 bridgehead atoms. The topological polar surface area (TPSA) is 70.9 Å². The average molecular weight is 483 g/mol. The molecule has 2 aliphatic rings. The van der Waals surface area contributed by atoms with Gasteiger partial charge in [-0.15, -0.1) is 15.0 Å². The van der Waals surface area contributed by atoms with Crippen LogP contribution in [0.15, 0.2) is 48.5 Å². The maximum absolute atomic E-state index is 6.12. The maximum Gasteiger partial charge on any atom is 0.231 e. The summed E-state index contributed by atoms with van der Waals surface area (Å²) in [5.41, 5.74) is 5.74. The summed E-state index contributed by atoms with van der Waals surface area (Å²) in [6, 6.07) is 15.7. The van der Waals surface area contributed by atoms with Crippen molar-refractivity contribution < 1.29 is 18.9 Å². The lowest BCUT2D eigenvalue weighted by molar-refractivity contribution is 0.171. The Morgan fingerprint density at radius 2 is 1.89 bits per heavy atom. The van der Waals surface area contributed by atoms with Crippen molar-refractivity contribution in [3.8, 4) is 40.5 Å². The summed E-state index contributed by atoms with van der Waals surface area (Å²) in [5.74, 6) is 9.37. The van der Waals surface area contributed by atoms with Gasteiger partial charge in [-0.05, 0) is 61.9 Å². The zero-order valence-electron chi connectivity index (χ0n) is 20.4. The summed E-state index contributed by atoms with van der Waals surface area (Å²) >= 11 is 0. The van der Waals surface area contributed by atoms with Gasteiger partial charge in [0.1, 0.15) is 35.1 Å². The molecule has 0 saturated carbocycles. The molecule has 4 aromatic rings. The van der Waals surface area contributed by atoms with Crippen LogP contribution in [0.3, 0.4) is 0 Å². The highest BCUT2D eigenvalue weighted by Gasteiger charge is 2.33. The molecule has 6 rings (SSSR count). The summed E-state index contributed by atoms with van der Waals surface area (Å²) in [6.45, 7) is 3.35. The highest BCUT2D eigenvalue weighted by atomic mass is 16.7. The van der Waals surface area contributed by atoms with Gasteiger partial charge in [-0.3, -0.25) is 4.90 Å². The third kappa shape index (κ3) is 3.88. The Morgan fingerprint density at radius 1 is 1.08 bits per heavy atom. The molecule has 182 valence electrons. The summed E-state index contributed by atoms with van der Waals surface area (Å²) in [6.07, 6.45) is 0.894. The summed E-state index contributed by atoms with van der Waals surface area (Å²) in [7, 11) is 3.73. The van der Waals surface area contributed by atoms with E-state index in [-0.39, 0.29) is 19.4 Å². The predicted octanol–water partition coefficient (Wildman–Crippen LogP) is 4.08. The first-order valence-corrected chi connectivity index (χ1v) is 11.9. The van der Waals surface area contributed by atoms with Gasteiger partial charge in [-0.25, -0.2) is 0 Å². The van der Waals surface area contributed by atoms with Crippen LogP contribution in [-0.2, 0) is 6.42 Å². The zero-order valence-corrected chi connectivity index (χ0v) is 20.4. The molecular weight excluding hydrogens is 456 g/mol. The SMILES string of the molecule is COc1c2c(cc3c1[C@@H](C#CCOc1ccc(C)cc1-n1nc4ccccc4n1)N(C)CC3)OCO2. The fourth-order valence-electron chi connectivity index (χ4n) is 4.74. The fourth-order valence-corrected chi connectivity index (χ4v) is 4.74. The molecule has 3 aromatic carbocycles. The highest BCUT2D eigenvalue weighted by Crippen LogP contribution is 2.49. The van der Waals surface area contributed by atoms with Crippen molar-refractivity contribution in [3.05, 3.63) is 65.2 Å². The minimum Gasteiger partial charge on any atom is -0.492 e. The molecular formula is C28H26N4O4. The van der Waals surface area contributed by atoms with Crippen molar-refractivity contribution in [1.29, 1.82) is 0 Å². The van der Waals surface area contributed by atoms with Crippen molar-refractivity contribution in [1.82, 2.24) is 19.9 Å². The second-order valence-electron chi connectivity index (χ2n) is 8.91. The van der Waals surface area contributed by atoms with Crippen molar-refractivity contribution in [2.45, 2.75) is 19.4 Å². The number of benzene rings is 3. The van der Waals surface area contributed by atoms with Crippen LogP contribution in [0, 0.1) is 18.8 Å². The predicted molar refractivity (Wildman–Crippen MR) is 135 cm³/mol. The molecule has 8 heteroatoms. The quantitative estimate of drug-likeness (QED) is 0.406. The maximum atomic E-state index is 6.12. The minimum atomic E-state index is -0.141. The lowest BCUT2D eigenvalue weighted by atomic mass is 9.91. The molecule has 3 heterocycles. The van der Waals surface area contributed by atoms with Crippen LogP contribution in [0.1, 0.15) is 22.7 Å². The van der Waals surface area contributed by atoms with Crippen molar-refractivity contribution in [2.24, 2.45) is 0 Å². The van der Waals surface area contributed by atoms with E-state index in [9.17, 15) is 0 Å². The summed E-state index contributed by atoms with van der Waals surface area (Å²) < 4.78 is 23.2. The number of rotatable bonds is 4. The molecule has 2 aliphatic heterocycles. The van der Waals surface area contributed by atoms with Crippen molar-refractivity contribution in [3.63, 3.8) is 0 Å². The third-order valence-corrected chi connectivity index (χ3v) is 6.55. The van der Waals surface area contributed by atoms with Crippen LogP contribution < -0.4 is 18.9 Å². The van der Waals surface area contributed by atoms with E-state index in [0.29, 0.717) is 17.2 Å². The second kappa shape index (κ2) is 9.10. The van der Waals surface area contributed by atoms with Gasteiger partial charge in [0, 0.05) is 12.1 Å². The Hall–Kier alpha value is -4.22. The molecule has 0 saturated heterocycles. The standard InChI is InChI=1S/C28H26N4O4/c1-18-10-11-24(23(15-18)32-29-20-7-4-5-8-21(20)30-32)34-14-6-9-22-26-19(12-13-31(22)2)16-25-27(28(26)33-3)36-17-35-25/h4-5,7-8,10-11,15-16,22H,12-14,17H2,1-3H3/t22-/m1/s1. The molecule has 0 N–H and O–H groups in total. The monoisotopic (exact) mass is 482 g/mol. The molecule has 1 atom stereocenters. The molecule has 0 spiro atoms. The van der Waals surface area contributed by atoms with Gasteiger partial charge in [-0.1, -0.05) is 30.0 Å². The van der Waals surface area contributed by atoms with Gasteiger partial charge < -0.3 is 18.9 Å². The number of ether oxygens (including phenoxy) is 4. The molecule has 8 nitrogen and oxygen atoms in total. The summed E-state index contributed by atoms with van der Waals surface area (Å²) in [5, 5.41) is 9.23. The Bertz CT molecular complexity index is 1480.